The maximum absolute atomic E-state index is 12.1. The topological polar surface area (TPSA) is 81.1 Å². The zero-order chi connectivity index (χ0) is 13.7. The lowest BCUT2D eigenvalue weighted by Gasteiger charge is -2.33. The monoisotopic (exact) mass is 258 g/mol. The van der Waals surface area contributed by atoms with Gasteiger partial charge in [0.05, 0.1) is 12.0 Å². The molecule has 6 heteroatoms. The fourth-order valence-electron chi connectivity index (χ4n) is 2.07. The predicted molar refractivity (Wildman–Crippen MR) is 66.3 cm³/mol. The Morgan fingerprint density at radius 1 is 1.50 bits per heavy atom. The van der Waals surface area contributed by atoms with Crippen molar-refractivity contribution in [1.29, 1.82) is 0 Å². The molecule has 2 amide bonds. The largest absolute Gasteiger partial charge is 0.481 e. The summed E-state index contributed by atoms with van der Waals surface area (Å²) in [5.41, 5.74) is 0. The minimum absolute atomic E-state index is 0.151. The van der Waals surface area contributed by atoms with E-state index in [0.717, 1.165) is 6.42 Å². The molecule has 0 saturated carbocycles. The number of hydrogen-bond donors (Lipinski definition) is 2. The highest BCUT2D eigenvalue weighted by molar-refractivity contribution is 5.76. The van der Waals surface area contributed by atoms with E-state index in [1.54, 1.807) is 18.9 Å². The lowest BCUT2D eigenvalue weighted by atomic mass is 9.99. The Hall–Kier alpha value is -1.30. The van der Waals surface area contributed by atoms with E-state index in [2.05, 4.69) is 0 Å². The molecule has 1 saturated heterocycles. The average molecular weight is 258 g/mol. The second-order valence-corrected chi connectivity index (χ2v) is 4.97. The van der Waals surface area contributed by atoms with Gasteiger partial charge in [0.1, 0.15) is 0 Å². The molecule has 1 aliphatic heterocycles. The number of carbonyl (C=O) groups is 2. The summed E-state index contributed by atoms with van der Waals surface area (Å²) in [7, 11) is 1.68. The first kappa shape index (κ1) is 14.8. The van der Waals surface area contributed by atoms with E-state index in [9.17, 15) is 14.7 Å². The summed E-state index contributed by atoms with van der Waals surface area (Å²) in [6, 6.07) is -0.151. The van der Waals surface area contributed by atoms with Gasteiger partial charge in [-0.1, -0.05) is 0 Å². The van der Waals surface area contributed by atoms with E-state index >= 15 is 0 Å². The summed E-state index contributed by atoms with van der Waals surface area (Å²) in [6.07, 6.45) is 1.45. The second kappa shape index (κ2) is 6.58. The summed E-state index contributed by atoms with van der Waals surface area (Å²) in [4.78, 5) is 26.1. The summed E-state index contributed by atoms with van der Waals surface area (Å²) in [6.45, 7) is 3.05. The Morgan fingerprint density at radius 3 is 2.72 bits per heavy atom. The van der Waals surface area contributed by atoms with E-state index in [1.807, 2.05) is 0 Å². The van der Waals surface area contributed by atoms with E-state index < -0.39 is 18.0 Å². The third kappa shape index (κ3) is 4.18. The van der Waals surface area contributed by atoms with E-state index in [1.165, 1.54) is 4.90 Å². The van der Waals surface area contributed by atoms with Gasteiger partial charge in [0.2, 0.25) is 0 Å². The van der Waals surface area contributed by atoms with E-state index in [0.29, 0.717) is 25.9 Å². The number of carbonyl (C=O) groups excluding carboxylic acids is 1. The van der Waals surface area contributed by atoms with Crippen molar-refractivity contribution in [3.05, 3.63) is 0 Å². The number of hydrogen-bond acceptors (Lipinski definition) is 3. The molecule has 0 aromatic rings. The van der Waals surface area contributed by atoms with Crippen LogP contribution in [0.5, 0.6) is 0 Å². The van der Waals surface area contributed by atoms with Crippen molar-refractivity contribution in [3.8, 4) is 0 Å². The minimum atomic E-state index is -0.834. The van der Waals surface area contributed by atoms with Gasteiger partial charge in [-0.05, 0) is 26.2 Å². The zero-order valence-electron chi connectivity index (χ0n) is 11.0. The van der Waals surface area contributed by atoms with Crippen molar-refractivity contribution in [2.75, 3.05) is 26.7 Å². The molecule has 0 bridgehead atoms. The van der Waals surface area contributed by atoms with Crippen LogP contribution in [0.1, 0.15) is 26.2 Å². The van der Waals surface area contributed by atoms with Crippen LogP contribution >= 0.6 is 0 Å². The number of nitrogens with zero attached hydrogens (tertiary/aromatic N) is 2. The van der Waals surface area contributed by atoms with Gasteiger partial charge in [-0.15, -0.1) is 0 Å². The molecule has 0 aromatic carbocycles. The molecule has 1 fully saturated rings. The molecular formula is C12H22N2O4. The number of piperidine rings is 1. The lowest BCUT2D eigenvalue weighted by Crippen LogP contribution is -2.48. The van der Waals surface area contributed by atoms with Gasteiger partial charge in [-0.3, -0.25) is 4.79 Å². The quantitative estimate of drug-likeness (QED) is 0.774. The molecular weight excluding hydrogens is 236 g/mol. The average Bonchev–Trinajstić information content (AvgIpc) is 2.35. The third-order valence-corrected chi connectivity index (χ3v) is 3.25. The summed E-state index contributed by atoms with van der Waals surface area (Å²) in [5.74, 6) is -1.29. The van der Waals surface area contributed by atoms with Gasteiger partial charge in [0.15, 0.2) is 0 Å². The molecule has 2 atom stereocenters. The highest BCUT2D eigenvalue weighted by Gasteiger charge is 2.29. The van der Waals surface area contributed by atoms with Crippen LogP contribution in [0.25, 0.3) is 0 Å². The number of aliphatic hydroxyl groups is 1. The maximum atomic E-state index is 12.1. The van der Waals surface area contributed by atoms with E-state index in [4.69, 9.17) is 5.11 Å². The van der Waals surface area contributed by atoms with Gasteiger partial charge in [-0.25, -0.2) is 4.79 Å². The molecule has 6 nitrogen and oxygen atoms in total. The zero-order valence-corrected chi connectivity index (χ0v) is 11.0. The normalized spacial score (nSPS) is 21.5. The maximum Gasteiger partial charge on any atom is 0.319 e. The molecule has 0 radical (unpaired) electrons. The Balaban J connectivity index is 2.47. The van der Waals surface area contributed by atoms with Crippen molar-refractivity contribution in [2.45, 2.75) is 32.3 Å². The van der Waals surface area contributed by atoms with Crippen LogP contribution in [0.3, 0.4) is 0 Å². The Kier molecular flexibility index (Phi) is 5.40. The number of amides is 2. The number of aliphatic hydroxyl groups excluding tert-OH is 1. The summed E-state index contributed by atoms with van der Waals surface area (Å²) in [5, 5.41) is 18.1. The highest BCUT2D eigenvalue weighted by Crippen LogP contribution is 2.17. The molecule has 0 aliphatic carbocycles. The molecule has 1 heterocycles. The molecule has 1 aliphatic rings. The van der Waals surface area contributed by atoms with Crippen molar-refractivity contribution in [3.63, 3.8) is 0 Å². The van der Waals surface area contributed by atoms with E-state index in [-0.39, 0.29) is 12.6 Å². The number of urea groups is 1. The molecule has 18 heavy (non-hydrogen) atoms. The van der Waals surface area contributed by atoms with Crippen LogP contribution in [-0.2, 0) is 4.79 Å². The van der Waals surface area contributed by atoms with Crippen molar-refractivity contribution in [2.24, 2.45) is 5.92 Å². The summed E-state index contributed by atoms with van der Waals surface area (Å²) < 4.78 is 0. The molecule has 0 aromatic heterocycles. The van der Waals surface area contributed by atoms with Crippen LogP contribution in [0.4, 0.5) is 4.79 Å². The molecule has 104 valence electrons. The number of carboxylic acid groups (broad SMARTS) is 1. The second-order valence-electron chi connectivity index (χ2n) is 4.97. The lowest BCUT2D eigenvalue weighted by molar-refractivity contribution is -0.143. The number of aliphatic carboxylic acids is 1. The number of rotatable bonds is 4. The van der Waals surface area contributed by atoms with Crippen molar-refractivity contribution >= 4 is 12.0 Å². The molecule has 0 spiro atoms. The Morgan fingerprint density at radius 2 is 2.17 bits per heavy atom. The van der Waals surface area contributed by atoms with Gasteiger partial charge in [0, 0.05) is 26.7 Å². The van der Waals surface area contributed by atoms with Crippen LogP contribution in [0.15, 0.2) is 0 Å². The standard InChI is InChI=1S/C12H22N2O4/c1-9(15)5-7-13(2)12(18)14-6-3-4-10(8-14)11(16)17/h9-10,15H,3-8H2,1-2H3,(H,16,17). The van der Waals surface area contributed by atoms with Crippen LogP contribution < -0.4 is 0 Å². The van der Waals surface area contributed by atoms with Gasteiger partial charge >= 0.3 is 12.0 Å². The fraction of sp³-hybridized carbons (Fsp3) is 0.833. The van der Waals surface area contributed by atoms with Gasteiger partial charge in [-0.2, -0.15) is 0 Å². The highest BCUT2D eigenvalue weighted by atomic mass is 16.4. The van der Waals surface area contributed by atoms with Crippen LogP contribution in [0, 0.1) is 5.92 Å². The first-order valence-corrected chi connectivity index (χ1v) is 6.32. The van der Waals surface area contributed by atoms with Crippen LogP contribution in [-0.4, -0.2) is 64.8 Å². The minimum Gasteiger partial charge on any atom is -0.481 e. The van der Waals surface area contributed by atoms with Gasteiger partial charge in [0.25, 0.3) is 0 Å². The molecule has 2 N–H and O–H groups in total. The SMILES string of the molecule is CC(O)CCN(C)C(=O)N1CCCC(C(=O)O)C1. The first-order chi connectivity index (χ1) is 8.41. The third-order valence-electron chi connectivity index (χ3n) is 3.25. The van der Waals surface area contributed by atoms with Crippen LogP contribution in [0.2, 0.25) is 0 Å². The first-order valence-electron chi connectivity index (χ1n) is 6.32. The van der Waals surface area contributed by atoms with Gasteiger partial charge < -0.3 is 20.0 Å². The predicted octanol–water partition coefficient (Wildman–Crippen LogP) is 0.606. The number of likely N-dealkylation sites (tertiary alicyclic amines) is 1. The van der Waals surface area contributed by atoms with Crippen molar-refractivity contribution in [1.82, 2.24) is 9.80 Å². The summed E-state index contributed by atoms with van der Waals surface area (Å²) >= 11 is 0. The molecule has 1 rings (SSSR count). The smallest absolute Gasteiger partial charge is 0.319 e. The molecule has 2 unspecified atom stereocenters. The fourth-order valence-corrected chi connectivity index (χ4v) is 2.07. The number of carboxylic acids is 1. The Labute approximate surface area is 107 Å². The van der Waals surface area contributed by atoms with Crippen molar-refractivity contribution < 1.29 is 19.8 Å². The Bertz CT molecular complexity index is 306.